The van der Waals surface area contributed by atoms with E-state index in [2.05, 4.69) is 9.97 Å². The van der Waals surface area contributed by atoms with Crippen molar-refractivity contribution in [1.82, 2.24) is 9.97 Å². The third-order valence-corrected chi connectivity index (χ3v) is 7.30. The van der Waals surface area contributed by atoms with Crippen LogP contribution in [0.1, 0.15) is 41.4 Å². The number of H-pyrrole nitrogens is 1. The predicted molar refractivity (Wildman–Crippen MR) is 107 cm³/mol. The van der Waals surface area contributed by atoms with Gasteiger partial charge in [0.15, 0.2) is 14.9 Å². The lowest BCUT2D eigenvalue weighted by Gasteiger charge is -2.17. The van der Waals surface area contributed by atoms with E-state index in [-0.39, 0.29) is 20.8 Å². The number of rotatable bonds is 3. The largest absolute Gasteiger partial charge is 0.344 e. The number of fused-ring (bicyclic) bond motifs is 1. The Morgan fingerprint density at radius 2 is 1.55 bits per heavy atom. The molecule has 0 unspecified atom stereocenters. The first kappa shape index (κ1) is 20.3. The fourth-order valence-electron chi connectivity index (χ4n) is 3.56. The average molecular weight is 457 g/mol. The van der Waals surface area contributed by atoms with Crippen molar-refractivity contribution in [3.63, 3.8) is 0 Å². The number of aromatic nitrogens is 2. The molecule has 0 saturated heterocycles. The number of aryl methyl sites for hydroxylation is 1. The molecule has 29 heavy (non-hydrogen) atoms. The van der Waals surface area contributed by atoms with E-state index in [9.17, 15) is 17.2 Å². The Morgan fingerprint density at radius 3 is 2.10 bits per heavy atom. The molecule has 2 heterocycles. The van der Waals surface area contributed by atoms with Crippen LogP contribution in [0.25, 0.3) is 0 Å². The molecule has 3 aromatic rings. The molecule has 1 aliphatic rings. The lowest BCUT2D eigenvalue weighted by atomic mass is 9.90. The van der Waals surface area contributed by atoms with Crippen molar-refractivity contribution in [3.8, 4) is 0 Å². The van der Waals surface area contributed by atoms with Gasteiger partial charge in [0.2, 0.25) is 0 Å². The molecule has 0 aliphatic carbocycles. The van der Waals surface area contributed by atoms with E-state index in [0.29, 0.717) is 35.5 Å². The standard InChI is InChI=1S/C20H16Cl2F2N2O2S/c21-13-9-11(4-6-15(13)23)18(12-5-7-16(24)14(22)10-12)19-25-17-3-1-2-8-29(27,28)20(17)26-19/h4-7,9-10,18H,1-3,8H2,(H,25,26). The highest BCUT2D eigenvalue weighted by Crippen LogP contribution is 2.36. The SMILES string of the molecule is O=S1(=O)CCCCc2[nH]c(C(c3ccc(F)c(Cl)c3)c3ccc(F)c(Cl)c3)nc21. The molecule has 152 valence electrons. The second-order valence-electron chi connectivity index (χ2n) is 6.96. The molecule has 9 heteroatoms. The summed E-state index contributed by atoms with van der Waals surface area (Å²) in [7, 11) is -3.50. The summed E-state index contributed by atoms with van der Waals surface area (Å²) in [4.78, 5) is 7.53. The normalized spacial score (nSPS) is 15.9. The summed E-state index contributed by atoms with van der Waals surface area (Å²) in [6.45, 7) is 0. The van der Waals surface area contributed by atoms with E-state index < -0.39 is 27.4 Å². The zero-order valence-electron chi connectivity index (χ0n) is 15.1. The lowest BCUT2D eigenvalue weighted by Crippen LogP contribution is -2.09. The van der Waals surface area contributed by atoms with Crippen LogP contribution in [-0.4, -0.2) is 24.1 Å². The van der Waals surface area contributed by atoms with Crippen molar-refractivity contribution in [2.24, 2.45) is 0 Å². The summed E-state index contributed by atoms with van der Waals surface area (Å²) in [6.07, 6.45) is 1.86. The second kappa shape index (κ2) is 7.70. The molecule has 0 fully saturated rings. The summed E-state index contributed by atoms with van der Waals surface area (Å²) in [6, 6.07) is 8.40. The molecule has 0 amide bonds. The fraction of sp³-hybridized carbons (Fsp3) is 0.250. The summed E-state index contributed by atoms with van der Waals surface area (Å²) >= 11 is 11.9. The summed E-state index contributed by atoms with van der Waals surface area (Å²) in [5.74, 6) is -1.40. The molecule has 1 N–H and O–H groups in total. The Kier molecular flexibility index (Phi) is 5.40. The Hall–Kier alpha value is -1.96. The van der Waals surface area contributed by atoms with Gasteiger partial charge in [-0.1, -0.05) is 35.3 Å². The number of hydrogen-bond donors (Lipinski definition) is 1. The van der Waals surface area contributed by atoms with Gasteiger partial charge in [0, 0.05) is 0 Å². The Bertz CT molecular complexity index is 1140. The summed E-state index contributed by atoms with van der Waals surface area (Å²) in [5, 5.41) is -0.126. The quantitative estimate of drug-likeness (QED) is 0.582. The van der Waals surface area contributed by atoms with Gasteiger partial charge in [-0.05, 0) is 54.7 Å². The molecule has 4 rings (SSSR count). The third kappa shape index (κ3) is 3.91. The Morgan fingerprint density at radius 1 is 0.966 bits per heavy atom. The Labute approximate surface area is 176 Å². The minimum atomic E-state index is -3.50. The number of benzene rings is 2. The smallest absolute Gasteiger partial charge is 0.197 e. The monoisotopic (exact) mass is 456 g/mol. The zero-order valence-corrected chi connectivity index (χ0v) is 17.4. The van der Waals surface area contributed by atoms with Gasteiger partial charge < -0.3 is 4.98 Å². The third-order valence-electron chi connectivity index (χ3n) is 4.97. The molecule has 1 aromatic heterocycles. The van der Waals surface area contributed by atoms with Crippen molar-refractivity contribution in [2.75, 3.05) is 5.75 Å². The number of nitrogens with one attached hydrogen (secondary N) is 1. The van der Waals surface area contributed by atoms with Crippen LogP contribution in [0, 0.1) is 11.6 Å². The number of hydrogen-bond acceptors (Lipinski definition) is 3. The van der Waals surface area contributed by atoms with Crippen LogP contribution in [0.2, 0.25) is 10.0 Å². The van der Waals surface area contributed by atoms with Crippen LogP contribution in [-0.2, 0) is 16.3 Å². The predicted octanol–water partition coefficient (Wildman–Crippen LogP) is 5.28. The molecular formula is C20H16Cl2F2N2O2S. The molecule has 4 nitrogen and oxygen atoms in total. The second-order valence-corrected chi connectivity index (χ2v) is 9.80. The number of halogens is 4. The van der Waals surface area contributed by atoms with Gasteiger partial charge in [-0.15, -0.1) is 0 Å². The molecule has 0 atom stereocenters. The van der Waals surface area contributed by atoms with Crippen molar-refractivity contribution >= 4 is 33.0 Å². The van der Waals surface area contributed by atoms with E-state index >= 15 is 0 Å². The molecule has 2 aromatic carbocycles. The zero-order chi connectivity index (χ0) is 20.8. The topological polar surface area (TPSA) is 62.8 Å². The van der Waals surface area contributed by atoms with E-state index in [1.807, 2.05) is 0 Å². The van der Waals surface area contributed by atoms with Crippen LogP contribution < -0.4 is 0 Å². The molecule has 1 aliphatic heterocycles. The van der Waals surface area contributed by atoms with Gasteiger partial charge >= 0.3 is 0 Å². The van der Waals surface area contributed by atoms with Gasteiger partial charge in [0.1, 0.15) is 17.5 Å². The van der Waals surface area contributed by atoms with Gasteiger partial charge in [0.25, 0.3) is 0 Å². The van der Waals surface area contributed by atoms with Crippen LogP contribution in [0.5, 0.6) is 0 Å². The first-order chi connectivity index (χ1) is 13.8. The van der Waals surface area contributed by atoms with Crippen molar-refractivity contribution in [2.45, 2.75) is 30.2 Å². The number of aromatic amines is 1. The van der Waals surface area contributed by atoms with Crippen LogP contribution >= 0.6 is 23.2 Å². The maximum absolute atomic E-state index is 13.7. The first-order valence-corrected chi connectivity index (χ1v) is 11.4. The minimum Gasteiger partial charge on any atom is -0.344 e. The molecule has 0 radical (unpaired) electrons. The van der Waals surface area contributed by atoms with Crippen LogP contribution in [0.15, 0.2) is 41.4 Å². The van der Waals surface area contributed by atoms with Crippen molar-refractivity contribution in [3.05, 3.63) is 80.7 Å². The first-order valence-electron chi connectivity index (χ1n) is 8.97. The van der Waals surface area contributed by atoms with E-state index in [1.54, 1.807) is 0 Å². The average Bonchev–Trinajstić information content (AvgIpc) is 3.04. The summed E-state index contributed by atoms with van der Waals surface area (Å²) in [5.41, 5.74) is 1.68. The fourth-order valence-corrected chi connectivity index (χ4v) is 5.48. The maximum atomic E-state index is 13.7. The molecular weight excluding hydrogens is 441 g/mol. The van der Waals surface area contributed by atoms with E-state index in [1.165, 1.54) is 36.4 Å². The highest BCUT2D eigenvalue weighted by molar-refractivity contribution is 7.91. The number of sulfone groups is 1. The van der Waals surface area contributed by atoms with E-state index in [4.69, 9.17) is 23.2 Å². The minimum absolute atomic E-state index is 0.0383. The highest BCUT2D eigenvalue weighted by atomic mass is 35.5. The van der Waals surface area contributed by atoms with Gasteiger partial charge in [-0.2, -0.15) is 0 Å². The number of imidazole rings is 1. The van der Waals surface area contributed by atoms with Gasteiger partial charge in [-0.25, -0.2) is 22.2 Å². The van der Waals surface area contributed by atoms with Gasteiger partial charge in [-0.3, -0.25) is 0 Å². The maximum Gasteiger partial charge on any atom is 0.197 e. The van der Waals surface area contributed by atoms with E-state index in [0.717, 1.165) is 6.42 Å². The van der Waals surface area contributed by atoms with Crippen molar-refractivity contribution in [1.29, 1.82) is 0 Å². The number of nitrogens with zero attached hydrogens (tertiary/aromatic N) is 1. The molecule has 0 spiro atoms. The van der Waals surface area contributed by atoms with Crippen LogP contribution in [0.4, 0.5) is 8.78 Å². The van der Waals surface area contributed by atoms with Crippen LogP contribution in [0.3, 0.4) is 0 Å². The molecule has 0 saturated carbocycles. The van der Waals surface area contributed by atoms with Crippen molar-refractivity contribution < 1.29 is 17.2 Å². The lowest BCUT2D eigenvalue weighted by molar-refractivity contribution is 0.591. The molecule has 0 bridgehead atoms. The highest BCUT2D eigenvalue weighted by Gasteiger charge is 2.30. The van der Waals surface area contributed by atoms with Gasteiger partial charge in [0.05, 0.1) is 27.4 Å². The Balaban J connectivity index is 1.91. The summed E-state index contributed by atoms with van der Waals surface area (Å²) < 4.78 is 52.6.